The average Bonchev–Trinajstić information content (AvgIpc) is 2.70. The van der Waals surface area contributed by atoms with Gasteiger partial charge in [0.2, 0.25) is 5.95 Å². The first kappa shape index (κ1) is 12.9. The van der Waals surface area contributed by atoms with Gasteiger partial charge in [-0.3, -0.25) is 9.78 Å². The Morgan fingerprint density at radius 1 is 1.40 bits per heavy atom. The van der Waals surface area contributed by atoms with Crippen LogP contribution in [0.2, 0.25) is 0 Å². The Kier molecular flexibility index (Phi) is 3.51. The van der Waals surface area contributed by atoms with Crippen LogP contribution in [0.15, 0.2) is 17.2 Å². The van der Waals surface area contributed by atoms with E-state index < -0.39 is 0 Å². The Morgan fingerprint density at radius 2 is 2.25 bits per heavy atom. The van der Waals surface area contributed by atoms with Crippen molar-refractivity contribution >= 4 is 5.95 Å². The molecule has 7 nitrogen and oxygen atoms in total. The van der Waals surface area contributed by atoms with Crippen molar-refractivity contribution in [3.8, 4) is 0 Å². The molecule has 0 fully saturated rings. The van der Waals surface area contributed by atoms with Crippen molar-refractivity contribution in [1.82, 2.24) is 24.8 Å². The maximum atomic E-state index is 12.1. The summed E-state index contributed by atoms with van der Waals surface area (Å²) in [6.07, 6.45) is 5.15. The van der Waals surface area contributed by atoms with Crippen LogP contribution in [0.25, 0.3) is 0 Å². The lowest BCUT2D eigenvalue weighted by Crippen LogP contribution is -2.21. The Labute approximate surface area is 116 Å². The van der Waals surface area contributed by atoms with E-state index >= 15 is 0 Å². The third kappa shape index (κ3) is 2.57. The van der Waals surface area contributed by atoms with E-state index in [4.69, 9.17) is 0 Å². The van der Waals surface area contributed by atoms with Gasteiger partial charge in [-0.2, -0.15) is 0 Å². The Balaban J connectivity index is 1.81. The van der Waals surface area contributed by atoms with Crippen LogP contribution in [-0.4, -0.2) is 32.6 Å². The molecule has 1 aliphatic heterocycles. The summed E-state index contributed by atoms with van der Waals surface area (Å²) in [7, 11) is 1.93. The van der Waals surface area contributed by atoms with Gasteiger partial charge in [-0.15, -0.1) is 0 Å². The van der Waals surface area contributed by atoms with Gasteiger partial charge in [-0.25, -0.2) is 9.97 Å². The monoisotopic (exact) mass is 274 g/mol. The summed E-state index contributed by atoms with van der Waals surface area (Å²) in [6, 6.07) is 0. The van der Waals surface area contributed by atoms with Crippen LogP contribution in [0.5, 0.6) is 0 Å². The molecule has 0 saturated heterocycles. The van der Waals surface area contributed by atoms with Crippen LogP contribution in [0.3, 0.4) is 0 Å². The van der Waals surface area contributed by atoms with E-state index in [1.807, 2.05) is 17.8 Å². The van der Waals surface area contributed by atoms with Gasteiger partial charge in [0.15, 0.2) is 0 Å². The summed E-state index contributed by atoms with van der Waals surface area (Å²) in [5, 5.41) is 6.41. The van der Waals surface area contributed by atoms with E-state index in [9.17, 15) is 4.79 Å². The predicted molar refractivity (Wildman–Crippen MR) is 75.7 cm³/mol. The number of hydrogen-bond acceptors (Lipinski definition) is 5. The van der Waals surface area contributed by atoms with Crippen molar-refractivity contribution in [3.63, 3.8) is 0 Å². The van der Waals surface area contributed by atoms with Gasteiger partial charge in [0, 0.05) is 38.0 Å². The molecular formula is C13H18N6O. The number of nitrogens with zero attached hydrogens (tertiary/aromatic N) is 3. The van der Waals surface area contributed by atoms with Crippen molar-refractivity contribution < 1.29 is 0 Å². The second-order valence-electron chi connectivity index (χ2n) is 4.90. The van der Waals surface area contributed by atoms with Crippen LogP contribution >= 0.6 is 0 Å². The number of imidazole rings is 1. The van der Waals surface area contributed by atoms with Crippen LogP contribution in [0, 0.1) is 0 Å². The normalized spacial score (nSPS) is 14.7. The third-order valence-corrected chi connectivity index (χ3v) is 3.53. The standard InChI is InChI=1S/C13H18N6O/c1-19-7-6-15-11(19)8-16-13-17-10-3-5-14-4-2-9(10)12(20)18-13/h6-7,14H,2-5,8H2,1H3,(H2,16,17,18,20). The molecular weight excluding hydrogens is 256 g/mol. The van der Waals surface area contributed by atoms with E-state index in [2.05, 4.69) is 25.6 Å². The Bertz CT molecular complexity index is 659. The molecule has 20 heavy (non-hydrogen) atoms. The minimum Gasteiger partial charge on any atom is -0.349 e. The van der Waals surface area contributed by atoms with Gasteiger partial charge in [0.05, 0.1) is 12.2 Å². The lowest BCUT2D eigenvalue weighted by Gasteiger charge is -2.09. The molecule has 3 heterocycles. The van der Waals surface area contributed by atoms with Crippen molar-refractivity contribution in [2.24, 2.45) is 7.05 Å². The zero-order valence-corrected chi connectivity index (χ0v) is 11.4. The summed E-state index contributed by atoms with van der Waals surface area (Å²) >= 11 is 0. The summed E-state index contributed by atoms with van der Waals surface area (Å²) in [5.41, 5.74) is 1.65. The average molecular weight is 274 g/mol. The molecule has 0 aromatic carbocycles. The topological polar surface area (TPSA) is 87.6 Å². The maximum absolute atomic E-state index is 12.1. The molecule has 0 unspecified atom stereocenters. The number of nitrogens with one attached hydrogen (secondary N) is 3. The van der Waals surface area contributed by atoms with Crippen molar-refractivity contribution in [1.29, 1.82) is 0 Å². The highest BCUT2D eigenvalue weighted by molar-refractivity contribution is 5.31. The zero-order chi connectivity index (χ0) is 13.9. The summed E-state index contributed by atoms with van der Waals surface area (Å²) in [5.74, 6) is 1.41. The summed E-state index contributed by atoms with van der Waals surface area (Å²) < 4.78 is 1.93. The molecule has 0 saturated carbocycles. The highest BCUT2D eigenvalue weighted by Crippen LogP contribution is 2.08. The smallest absolute Gasteiger partial charge is 0.255 e. The van der Waals surface area contributed by atoms with Crippen LogP contribution < -0.4 is 16.2 Å². The highest BCUT2D eigenvalue weighted by atomic mass is 16.1. The fourth-order valence-electron chi connectivity index (χ4n) is 2.37. The minimum atomic E-state index is -0.0407. The molecule has 0 atom stereocenters. The predicted octanol–water partition coefficient (Wildman–Crippen LogP) is -0.196. The molecule has 0 bridgehead atoms. The number of rotatable bonds is 3. The molecule has 106 valence electrons. The van der Waals surface area contributed by atoms with Gasteiger partial charge >= 0.3 is 0 Å². The number of hydrogen-bond donors (Lipinski definition) is 3. The van der Waals surface area contributed by atoms with E-state index in [0.29, 0.717) is 12.5 Å². The van der Waals surface area contributed by atoms with E-state index in [0.717, 1.165) is 43.0 Å². The first-order chi connectivity index (χ1) is 9.74. The van der Waals surface area contributed by atoms with Crippen molar-refractivity contribution in [2.75, 3.05) is 18.4 Å². The molecule has 0 radical (unpaired) electrons. The van der Waals surface area contributed by atoms with Gasteiger partial charge in [0.25, 0.3) is 5.56 Å². The van der Waals surface area contributed by atoms with Gasteiger partial charge in [-0.05, 0) is 13.0 Å². The van der Waals surface area contributed by atoms with Crippen molar-refractivity contribution in [3.05, 3.63) is 39.8 Å². The second-order valence-corrected chi connectivity index (χ2v) is 4.90. The molecule has 3 N–H and O–H groups in total. The molecule has 0 spiro atoms. The number of aromatic amines is 1. The first-order valence-electron chi connectivity index (χ1n) is 6.77. The Hall–Kier alpha value is -2.15. The van der Waals surface area contributed by atoms with E-state index in [1.54, 1.807) is 6.20 Å². The number of aromatic nitrogens is 4. The highest BCUT2D eigenvalue weighted by Gasteiger charge is 2.14. The van der Waals surface area contributed by atoms with Crippen LogP contribution in [-0.2, 0) is 26.4 Å². The van der Waals surface area contributed by atoms with Crippen molar-refractivity contribution in [2.45, 2.75) is 19.4 Å². The minimum absolute atomic E-state index is 0.0407. The molecule has 1 aliphatic rings. The van der Waals surface area contributed by atoms with E-state index in [-0.39, 0.29) is 5.56 Å². The lowest BCUT2D eigenvalue weighted by molar-refractivity contribution is 0.708. The SMILES string of the molecule is Cn1ccnc1CNc1nc2c(c(=O)[nH]1)CCNCC2. The fraction of sp³-hybridized carbons (Fsp3) is 0.462. The first-order valence-corrected chi connectivity index (χ1v) is 6.77. The molecule has 2 aromatic rings. The number of fused-ring (bicyclic) bond motifs is 1. The fourth-order valence-corrected chi connectivity index (χ4v) is 2.37. The van der Waals surface area contributed by atoms with Crippen LogP contribution in [0.1, 0.15) is 17.1 Å². The molecule has 0 amide bonds. The number of aryl methyl sites for hydroxylation is 1. The third-order valence-electron chi connectivity index (χ3n) is 3.53. The summed E-state index contributed by atoms with van der Waals surface area (Å²) in [4.78, 5) is 23.6. The Morgan fingerprint density at radius 3 is 3.05 bits per heavy atom. The number of anilines is 1. The summed E-state index contributed by atoms with van der Waals surface area (Å²) in [6.45, 7) is 2.23. The molecule has 7 heteroatoms. The van der Waals surface area contributed by atoms with Gasteiger partial charge < -0.3 is 15.2 Å². The second kappa shape index (κ2) is 5.46. The number of H-pyrrole nitrogens is 1. The quantitative estimate of drug-likeness (QED) is 0.721. The largest absolute Gasteiger partial charge is 0.349 e. The van der Waals surface area contributed by atoms with Crippen LogP contribution in [0.4, 0.5) is 5.95 Å². The molecule has 0 aliphatic carbocycles. The zero-order valence-electron chi connectivity index (χ0n) is 11.4. The van der Waals surface area contributed by atoms with Gasteiger partial charge in [-0.1, -0.05) is 0 Å². The molecule has 3 rings (SSSR count). The molecule has 2 aromatic heterocycles. The lowest BCUT2D eigenvalue weighted by atomic mass is 10.1. The van der Waals surface area contributed by atoms with E-state index in [1.165, 1.54) is 0 Å². The van der Waals surface area contributed by atoms with Gasteiger partial charge in [0.1, 0.15) is 5.82 Å². The maximum Gasteiger partial charge on any atom is 0.255 e.